The average Bonchev–Trinajstić information content (AvgIpc) is 2.44. The molecule has 0 bridgehead atoms. The summed E-state index contributed by atoms with van der Waals surface area (Å²) < 4.78 is 0. The van der Waals surface area contributed by atoms with Gasteiger partial charge in [-0.25, -0.2) is 0 Å². The van der Waals surface area contributed by atoms with E-state index in [9.17, 15) is 5.11 Å². The first-order chi connectivity index (χ1) is 9.93. The van der Waals surface area contributed by atoms with Gasteiger partial charge in [0.15, 0.2) is 0 Å². The van der Waals surface area contributed by atoms with Crippen molar-refractivity contribution < 1.29 is 5.11 Å². The molecule has 1 unspecified atom stereocenters. The standard InChI is InChI=1S/C18H32N2O/c1-15(2)11-20(12-16(3)4)13-18(14-21,19-5)17-9-7-6-8-10-17/h6-10,15-16,19,21H,11-14H2,1-5H3. The van der Waals surface area contributed by atoms with E-state index in [2.05, 4.69) is 50.0 Å². The zero-order valence-electron chi connectivity index (χ0n) is 14.3. The fraction of sp³-hybridized carbons (Fsp3) is 0.667. The molecule has 1 aromatic carbocycles. The SMILES string of the molecule is CNC(CO)(CN(CC(C)C)CC(C)C)c1ccccc1. The second-order valence-electron chi connectivity index (χ2n) is 6.84. The predicted octanol–water partition coefficient (Wildman–Crippen LogP) is 2.71. The number of benzene rings is 1. The van der Waals surface area contributed by atoms with Crippen LogP contribution in [0.4, 0.5) is 0 Å². The Kier molecular flexibility index (Phi) is 7.36. The maximum atomic E-state index is 10.1. The Bertz CT molecular complexity index is 375. The minimum Gasteiger partial charge on any atom is -0.394 e. The average molecular weight is 292 g/mol. The lowest BCUT2D eigenvalue weighted by atomic mass is 9.89. The van der Waals surface area contributed by atoms with E-state index in [1.54, 1.807) is 0 Å². The third-order valence-corrected chi connectivity index (χ3v) is 3.82. The molecule has 3 heteroatoms. The summed E-state index contributed by atoms with van der Waals surface area (Å²) >= 11 is 0. The zero-order valence-corrected chi connectivity index (χ0v) is 14.3. The molecule has 0 fully saturated rings. The van der Waals surface area contributed by atoms with Crippen molar-refractivity contribution in [2.45, 2.75) is 33.2 Å². The summed E-state index contributed by atoms with van der Waals surface area (Å²) in [6.45, 7) is 12.0. The molecule has 2 N–H and O–H groups in total. The van der Waals surface area contributed by atoms with Gasteiger partial charge in [0.1, 0.15) is 0 Å². The van der Waals surface area contributed by atoms with E-state index in [1.165, 1.54) is 0 Å². The van der Waals surface area contributed by atoms with Crippen LogP contribution < -0.4 is 5.32 Å². The number of likely N-dealkylation sites (N-methyl/N-ethyl adjacent to an activating group) is 1. The molecule has 1 rings (SSSR count). The summed E-state index contributed by atoms with van der Waals surface area (Å²) in [6, 6.07) is 10.3. The van der Waals surface area contributed by atoms with Crippen molar-refractivity contribution in [3.05, 3.63) is 35.9 Å². The smallest absolute Gasteiger partial charge is 0.0795 e. The fourth-order valence-electron chi connectivity index (χ4n) is 2.91. The molecule has 0 aliphatic heterocycles. The van der Waals surface area contributed by atoms with E-state index in [-0.39, 0.29) is 6.61 Å². The molecular weight excluding hydrogens is 260 g/mol. The topological polar surface area (TPSA) is 35.5 Å². The lowest BCUT2D eigenvalue weighted by molar-refractivity contribution is 0.0987. The quantitative estimate of drug-likeness (QED) is 0.734. The summed E-state index contributed by atoms with van der Waals surface area (Å²) in [7, 11) is 1.94. The van der Waals surface area contributed by atoms with Crippen molar-refractivity contribution >= 4 is 0 Å². The molecule has 1 aromatic rings. The first-order valence-electron chi connectivity index (χ1n) is 8.01. The molecule has 1 atom stereocenters. The van der Waals surface area contributed by atoms with Gasteiger partial charge in [-0.05, 0) is 24.4 Å². The number of nitrogens with one attached hydrogen (secondary N) is 1. The summed E-state index contributed by atoms with van der Waals surface area (Å²) in [5.74, 6) is 1.24. The number of rotatable bonds is 9. The van der Waals surface area contributed by atoms with Crippen molar-refractivity contribution in [1.29, 1.82) is 0 Å². The molecule has 0 saturated carbocycles. The molecular formula is C18H32N2O. The first-order valence-corrected chi connectivity index (χ1v) is 8.01. The monoisotopic (exact) mass is 292 g/mol. The van der Waals surface area contributed by atoms with Gasteiger partial charge in [0.2, 0.25) is 0 Å². The van der Waals surface area contributed by atoms with Crippen LogP contribution in [-0.2, 0) is 5.54 Å². The Morgan fingerprint density at radius 3 is 1.95 bits per heavy atom. The molecule has 0 heterocycles. The van der Waals surface area contributed by atoms with Crippen LogP contribution in [0.1, 0.15) is 33.3 Å². The van der Waals surface area contributed by atoms with Crippen molar-refractivity contribution in [1.82, 2.24) is 10.2 Å². The van der Waals surface area contributed by atoms with E-state index < -0.39 is 5.54 Å². The van der Waals surface area contributed by atoms with Gasteiger partial charge in [0, 0.05) is 19.6 Å². The van der Waals surface area contributed by atoms with Crippen LogP contribution in [0.3, 0.4) is 0 Å². The van der Waals surface area contributed by atoms with Crippen LogP contribution in [0, 0.1) is 11.8 Å². The van der Waals surface area contributed by atoms with Gasteiger partial charge in [-0.15, -0.1) is 0 Å². The van der Waals surface area contributed by atoms with Crippen LogP contribution in [0.25, 0.3) is 0 Å². The first kappa shape index (κ1) is 18.1. The number of hydrogen-bond donors (Lipinski definition) is 2. The molecule has 0 aliphatic rings. The molecule has 0 spiro atoms. The summed E-state index contributed by atoms with van der Waals surface area (Å²) in [5, 5.41) is 13.4. The highest BCUT2D eigenvalue weighted by molar-refractivity contribution is 5.25. The van der Waals surface area contributed by atoms with Crippen LogP contribution in [0.15, 0.2) is 30.3 Å². The van der Waals surface area contributed by atoms with Gasteiger partial charge in [0.25, 0.3) is 0 Å². The Labute approximate surface area is 130 Å². The number of hydrogen-bond acceptors (Lipinski definition) is 3. The predicted molar refractivity (Wildman–Crippen MR) is 90.4 cm³/mol. The van der Waals surface area contributed by atoms with Crippen LogP contribution >= 0.6 is 0 Å². The molecule has 3 nitrogen and oxygen atoms in total. The van der Waals surface area contributed by atoms with E-state index in [4.69, 9.17) is 0 Å². The third-order valence-electron chi connectivity index (χ3n) is 3.82. The maximum absolute atomic E-state index is 10.1. The summed E-state index contributed by atoms with van der Waals surface area (Å²) in [5.41, 5.74) is 0.748. The Morgan fingerprint density at radius 1 is 1.05 bits per heavy atom. The lowest BCUT2D eigenvalue weighted by Crippen LogP contribution is -2.53. The van der Waals surface area contributed by atoms with Gasteiger partial charge in [-0.2, -0.15) is 0 Å². The molecule has 0 radical (unpaired) electrons. The molecule has 0 amide bonds. The highest BCUT2D eigenvalue weighted by Crippen LogP contribution is 2.23. The van der Waals surface area contributed by atoms with Crippen LogP contribution in [0.2, 0.25) is 0 Å². The fourth-order valence-corrected chi connectivity index (χ4v) is 2.91. The van der Waals surface area contributed by atoms with Crippen molar-refractivity contribution in [2.75, 3.05) is 33.3 Å². The largest absolute Gasteiger partial charge is 0.394 e. The van der Waals surface area contributed by atoms with E-state index in [1.807, 2.05) is 25.2 Å². The molecule has 21 heavy (non-hydrogen) atoms. The van der Waals surface area contributed by atoms with Gasteiger partial charge in [-0.3, -0.25) is 0 Å². The van der Waals surface area contributed by atoms with Crippen molar-refractivity contribution in [2.24, 2.45) is 11.8 Å². The van der Waals surface area contributed by atoms with Gasteiger partial charge in [-0.1, -0.05) is 58.0 Å². The third kappa shape index (κ3) is 5.42. The van der Waals surface area contributed by atoms with E-state index in [0.29, 0.717) is 11.8 Å². The van der Waals surface area contributed by atoms with Gasteiger partial charge >= 0.3 is 0 Å². The lowest BCUT2D eigenvalue weighted by Gasteiger charge is -2.39. The minimum atomic E-state index is -0.398. The number of aliphatic hydroxyl groups is 1. The minimum absolute atomic E-state index is 0.0974. The molecule has 120 valence electrons. The van der Waals surface area contributed by atoms with E-state index >= 15 is 0 Å². The molecule has 0 aliphatic carbocycles. The van der Waals surface area contributed by atoms with Crippen molar-refractivity contribution in [3.8, 4) is 0 Å². The van der Waals surface area contributed by atoms with Gasteiger partial charge in [0.05, 0.1) is 12.1 Å². The maximum Gasteiger partial charge on any atom is 0.0795 e. The summed E-state index contributed by atoms with van der Waals surface area (Å²) in [4.78, 5) is 2.47. The highest BCUT2D eigenvalue weighted by Gasteiger charge is 2.32. The van der Waals surface area contributed by atoms with Gasteiger partial charge < -0.3 is 15.3 Å². The zero-order chi connectivity index (χ0) is 15.9. The Morgan fingerprint density at radius 2 is 1.57 bits per heavy atom. The second kappa shape index (κ2) is 8.52. The summed E-state index contributed by atoms with van der Waals surface area (Å²) in [6.07, 6.45) is 0. The Hall–Kier alpha value is -0.900. The normalized spacial score (nSPS) is 14.9. The number of nitrogens with zero attached hydrogens (tertiary/aromatic N) is 1. The van der Waals surface area contributed by atoms with Crippen LogP contribution in [-0.4, -0.2) is 43.3 Å². The Balaban J connectivity index is 2.97. The molecule has 0 saturated heterocycles. The molecule has 0 aromatic heterocycles. The van der Waals surface area contributed by atoms with E-state index in [0.717, 1.165) is 25.2 Å². The number of aliphatic hydroxyl groups excluding tert-OH is 1. The van der Waals surface area contributed by atoms with Crippen LogP contribution in [0.5, 0.6) is 0 Å². The second-order valence-corrected chi connectivity index (χ2v) is 6.84. The van der Waals surface area contributed by atoms with Crippen molar-refractivity contribution in [3.63, 3.8) is 0 Å². The highest BCUT2D eigenvalue weighted by atomic mass is 16.3.